The number of ether oxygens (including phenoxy) is 3. The molecule has 2 aliphatic heterocycles. The Bertz CT molecular complexity index is 684. The lowest BCUT2D eigenvalue weighted by atomic mass is 9.99. The highest BCUT2D eigenvalue weighted by molar-refractivity contribution is 5.77. The predicted molar refractivity (Wildman–Crippen MR) is 135 cm³/mol. The van der Waals surface area contributed by atoms with E-state index in [4.69, 9.17) is 15.3 Å². The Morgan fingerprint density at radius 1 is 0.778 bits per heavy atom. The first-order valence-corrected chi connectivity index (χ1v) is 12.7. The lowest BCUT2D eigenvalue weighted by Crippen LogP contribution is -2.48. The molecule has 208 valence electrons. The number of nitrogens with zero attached hydrogens (tertiary/aromatic N) is 2. The zero-order chi connectivity index (χ0) is 27.5. The molecule has 0 radical (unpaired) electrons. The van der Waals surface area contributed by atoms with Gasteiger partial charge in [0, 0.05) is 31.6 Å². The third kappa shape index (κ3) is 11.9. The molecule has 2 fully saturated rings. The number of esters is 1. The number of hydrogen-bond acceptors (Lipinski definition) is 8. The number of carbonyl (C=O) groups is 4. The van der Waals surface area contributed by atoms with Crippen molar-refractivity contribution in [3.63, 3.8) is 0 Å². The SMILES string of the molecule is CC(C)(C)OC(=O)N1CCCCC1CC(=O)NN.COC(=O)CC1CCCCN1C(=O)OC(C)(C)C. The van der Waals surface area contributed by atoms with Crippen molar-refractivity contribution in [1.82, 2.24) is 15.2 Å². The minimum Gasteiger partial charge on any atom is -0.469 e. The van der Waals surface area contributed by atoms with Gasteiger partial charge >= 0.3 is 18.2 Å². The Labute approximate surface area is 215 Å². The summed E-state index contributed by atoms with van der Waals surface area (Å²) in [6.45, 7) is 12.3. The Morgan fingerprint density at radius 3 is 1.56 bits per heavy atom. The number of amides is 3. The van der Waals surface area contributed by atoms with Crippen LogP contribution in [0.2, 0.25) is 0 Å². The van der Waals surface area contributed by atoms with E-state index in [0.717, 1.165) is 38.5 Å². The molecule has 3 N–H and O–H groups in total. The summed E-state index contributed by atoms with van der Waals surface area (Å²) in [5, 5.41) is 0. The number of hydrogen-bond donors (Lipinski definition) is 2. The van der Waals surface area contributed by atoms with Gasteiger partial charge in [0.2, 0.25) is 5.91 Å². The maximum atomic E-state index is 12.0. The predicted octanol–water partition coefficient (Wildman–Crippen LogP) is 3.50. The summed E-state index contributed by atoms with van der Waals surface area (Å²) in [6, 6.07) is -0.210. The molecule has 0 bridgehead atoms. The van der Waals surface area contributed by atoms with Crippen molar-refractivity contribution in [2.45, 2.75) is 116 Å². The highest BCUT2D eigenvalue weighted by Crippen LogP contribution is 2.23. The van der Waals surface area contributed by atoms with Gasteiger partial charge in [-0.3, -0.25) is 15.0 Å². The summed E-state index contributed by atoms with van der Waals surface area (Å²) >= 11 is 0. The second-order valence-corrected chi connectivity index (χ2v) is 11.2. The van der Waals surface area contributed by atoms with Crippen LogP contribution in [0.15, 0.2) is 0 Å². The largest absolute Gasteiger partial charge is 0.469 e. The normalized spacial score (nSPS) is 20.4. The number of likely N-dealkylation sites (tertiary alicyclic amines) is 2. The molecule has 0 aromatic carbocycles. The van der Waals surface area contributed by atoms with E-state index in [1.807, 2.05) is 41.5 Å². The van der Waals surface area contributed by atoms with Gasteiger partial charge in [-0.05, 0) is 80.1 Å². The Balaban J connectivity index is 0.000000360. The Hall–Kier alpha value is -2.56. The van der Waals surface area contributed by atoms with Crippen LogP contribution in [-0.4, -0.2) is 77.3 Å². The number of methoxy groups -OCH3 is 1. The number of piperidine rings is 2. The molecule has 0 saturated carbocycles. The topological polar surface area (TPSA) is 140 Å². The van der Waals surface area contributed by atoms with Crippen LogP contribution in [0.4, 0.5) is 9.59 Å². The monoisotopic (exact) mass is 514 g/mol. The van der Waals surface area contributed by atoms with Gasteiger partial charge in [-0.25, -0.2) is 15.4 Å². The lowest BCUT2D eigenvalue weighted by molar-refractivity contribution is -0.142. The third-order valence-electron chi connectivity index (χ3n) is 5.72. The molecule has 2 atom stereocenters. The van der Waals surface area contributed by atoms with Gasteiger partial charge in [0.25, 0.3) is 0 Å². The summed E-state index contributed by atoms with van der Waals surface area (Å²) in [5.41, 5.74) is 1.07. The fraction of sp³-hybridized carbons (Fsp3) is 0.840. The van der Waals surface area contributed by atoms with Gasteiger partial charge in [-0.1, -0.05) is 0 Å². The minimum atomic E-state index is -0.519. The minimum absolute atomic E-state index is 0.0963. The molecule has 2 aliphatic rings. The van der Waals surface area contributed by atoms with Crippen LogP contribution in [0.3, 0.4) is 0 Å². The van der Waals surface area contributed by atoms with Gasteiger partial charge < -0.3 is 24.0 Å². The fourth-order valence-corrected chi connectivity index (χ4v) is 4.10. The Morgan fingerprint density at radius 2 is 1.19 bits per heavy atom. The number of rotatable bonds is 4. The van der Waals surface area contributed by atoms with Crippen molar-refractivity contribution in [2.75, 3.05) is 20.2 Å². The van der Waals surface area contributed by atoms with Crippen LogP contribution in [0.1, 0.15) is 92.9 Å². The fourth-order valence-electron chi connectivity index (χ4n) is 4.10. The van der Waals surface area contributed by atoms with Gasteiger partial charge in [0.15, 0.2) is 0 Å². The van der Waals surface area contributed by atoms with Crippen LogP contribution in [0.25, 0.3) is 0 Å². The first-order valence-electron chi connectivity index (χ1n) is 12.7. The van der Waals surface area contributed by atoms with Crippen LogP contribution < -0.4 is 11.3 Å². The van der Waals surface area contributed by atoms with Gasteiger partial charge in [0.1, 0.15) is 11.2 Å². The molecule has 0 spiro atoms. The molecule has 3 amide bonds. The molecule has 2 rings (SSSR count). The van der Waals surface area contributed by atoms with E-state index in [-0.39, 0.29) is 49.0 Å². The van der Waals surface area contributed by atoms with Crippen LogP contribution in [0, 0.1) is 0 Å². The van der Waals surface area contributed by atoms with Crippen molar-refractivity contribution >= 4 is 24.1 Å². The summed E-state index contributed by atoms with van der Waals surface area (Å²) < 4.78 is 15.4. The number of nitrogens with one attached hydrogen (secondary N) is 1. The molecule has 0 aromatic heterocycles. The standard InChI is InChI=1S/C13H23NO4.C12H23N3O3/c1-13(2,3)18-12(16)14-8-6-5-7-10(14)9-11(15)17-4;1-12(2,3)18-11(17)15-7-5-4-6-9(15)8-10(16)14-13/h10H,5-9H2,1-4H3;9H,4-8,13H2,1-3H3,(H,14,16). The molecule has 11 heteroatoms. The Kier molecular flexibility index (Phi) is 12.5. The molecular formula is C25H46N4O7. The highest BCUT2D eigenvalue weighted by Gasteiger charge is 2.33. The molecule has 2 saturated heterocycles. The summed E-state index contributed by atoms with van der Waals surface area (Å²) in [4.78, 5) is 50.0. The average Bonchev–Trinajstić information content (AvgIpc) is 2.77. The first-order chi connectivity index (χ1) is 16.7. The van der Waals surface area contributed by atoms with Crippen molar-refractivity contribution in [1.29, 1.82) is 0 Å². The van der Waals surface area contributed by atoms with Crippen molar-refractivity contribution in [3.8, 4) is 0 Å². The van der Waals surface area contributed by atoms with E-state index in [0.29, 0.717) is 13.1 Å². The number of nitrogens with two attached hydrogens (primary N) is 1. The zero-order valence-electron chi connectivity index (χ0n) is 23.1. The van der Waals surface area contributed by atoms with Crippen molar-refractivity contribution in [2.24, 2.45) is 5.84 Å². The average molecular weight is 515 g/mol. The summed E-state index contributed by atoms with van der Waals surface area (Å²) in [6.07, 6.45) is 5.37. The second-order valence-electron chi connectivity index (χ2n) is 11.2. The van der Waals surface area contributed by atoms with E-state index in [1.165, 1.54) is 7.11 Å². The van der Waals surface area contributed by atoms with Gasteiger partial charge in [0.05, 0.1) is 13.5 Å². The molecule has 11 nitrogen and oxygen atoms in total. The quantitative estimate of drug-likeness (QED) is 0.191. The molecule has 36 heavy (non-hydrogen) atoms. The maximum Gasteiger partial charge on any atom is 0.410 e. The molecule has 2 unspecified atom stereocenters. The molecule has 0 aromatic rings. The van der Waals surface area contributed by atoms with Crippen LogP contribution in [0.5, 0.6) is 0 Å². The van der Waals surface area contributed by atoms with E-state index in [1.54, 1.807) is 9.80 Å². The van der Waals surface area contributed by atoms with Gasteiger partial charge in [-0.2, -0.15) is 0 Å². The molecule has 0 aliphatic carbocycles. The smallest absolute Gasteiger partial charge is 0.410 e. The van der Waals surface area contributed by atoms with Crippen LogP contribution in [-0.2, 0) is 23.8 Å². The van der Waals surface area contributed by atoms with Crippen molar-refractivity contribution in [3.05, 3.63) is 0 Å². The third-order valence-corrected chi connectivity index (χ3v) is 5.72. The lowest BCUT2D eigenvalue weighted by Gasteiger charge is -2.36. The summed E-state index contributed by atoms with van der Waals surface area (Å²) in [5.74, 6) is 4.54. The first kappa shape index (κ1) is 31.5. The molecule has 2 heterocycles. The highest BCUT2D eigenvalue weighted by atomic mass is 16.6. The van der Waals surface area contributed by atoms with E-state index < -0.39 is 11.2 Å². The van der Waals surface area contributed by atoms with Gasteiger partial charge in [-0.15, -0.1) is 0 Å². The van der Waals surface area contributed by atoms with E-state index >= 15 is 0 Å². The number of carbonyl (C=O) groups excluding carboxylic acids is 4. The summed E-state index contributed by atoms with van der Waals surface area (Å²) in [7, 11) is 1.36. The second kappa shape index (κ2) is 14.2. The van der Waals surface area contributed by atoms with E-state index in [9.17, 15) is 19.2 Å². The maximum absolute atomic E-state index is 12.0. The van der Waals surface area contributed by atoms with E-state index in [2.05, 4.69) is 10.2 Å². The van der Waals surface area contributed by atoms with Crippen LogP contribution >= 0.6 is 0 Å². The van der Waals surface area contributed by atoms with Crippen molar-refractivity contribution < 1.29 is 33.4 Å². The zero-order valence-corrected chi connectivity index (χ0v) is 23.1. The molecular weight excluding hydrogens is 468 g/mol. The number of hydrazine groups is 1.